The molecule has 0 fully saturated rings. The highest BCUT2D eigenvalue weighted by Crippen LogP contribution is 2.21. The van der Waals surface area contributed by atoms with Crippen LogP contribution in [-0.4, -0.2) is 38.0 Å². The Hall–Kier alpha value is -3.12. The summed E-state index contributed by atoms with van der Waals surface area (Å²) in [5.41, 5.74) is 2.32. The highest BCUT2D eigenvalue weighted by molar-refractivity contribution is 5.88. The van der Waals surface area contributed by atoms with E-state index in [1.54, 1.807) is 26.0 Å². The molecule has 0 heterocycles. The van der Waals surface area contributed by atoms with Gasteiger partial charge < -0.3 is 20.4 Å². The summed E-state index contributed by atoms with van der Waals surface area (Å²) in [6.45, 7) is 7.30. The first-order valence-electron chi connectivity index (χ1n) is 11.1. The first-order valence-corrected chi connectivity index (χ1v) is 11.1. The Balaban J connectivity index is 2.52. The van der Waals surface area contributed by atoms with E-state index in [0.29, 0.717) is 36.8 Å². The lowest BCUT2D eigenvalue weighted by molar-refractivity contribution is -0.132. The Morgan fingerprint density at radius 2 is 1.70 bits per heavy atom. The van der Waals surface area contributed by atoms with Crippen LogP contribution in [0.25, 0.3) is 0 Å². The van der Waals surface area contributed by atoms with Crippen LogP contribution in [0.1, 0.15) is 75.7 Å². The molecule has 0 unspecified atom stereocenters. The number of phenols is 1. The molecule has 0 radical (unpaired) electrons. The fourth-order valence-corrected chi connectivity index (χ4v) is 3.15. The van der Waals surface area contributed by atoms with Gasteiger partial charge in [0.1, 0.15) is 5.75 Å². The molecule has 1 atom stereocenters. The summed E-state index contributed by atoms with van der Waals surface area (Å²) in [7, 11) is 0. The smallest absolute Gasteiger partial charge is 0.335 e. The van der Waals surface area contributed by atoms with Crippen LogP contribution in [0.4, 0.5) is 0 Å². The number of rotatable bonds is 13. The van der Waals surface area contributed by atoms with Gasteiger partial charge in [-0.2, -0.15) is 0 Å². The molecular formula is C27H36O6. The van der Waals surface area contributed by atoms with Crippen LogP contribution in [0.3, 0.4) is 0 Å². The summed E-state index contributed by atoms with van der Waals surface area (Å²) < 4.78 is 0. The first kappa shape index (κ1) is 27.9. The van der Waals surface area contributed by atoms with Gasteiger partial charge in [0, 0.05) is 5.57 Å². The zero-order valence-electron chi connectivity index (χ0n) is 20.0. The largest absolute Gasteiger partial charge is 0.508 e. The number of hydrogen-bond donors (Lipinski definition) is 4. The number of aliphatic carboxylic acids is 1. The van der Waals surface area contributed by atoms with Gasteiger partial charge in [0.15, 0.2) is 0 Å². The maximum absolute atomic E-state index is 11.1. The molecule has 0 amide bonds. The van der Waals surface area contributed by atoms with Crippen molar-refractivity contribution >= 4 is 11.9 Å². The molecule has 0 aromatic heterocycles. The van der Waals surface area contributed by atoms with Crippen LogP contribution in [-0.2, 0) is 11.2 Å². The summed E-state index contributed by atoms with van der Waals surface area (Å²) in [5.74, 6) is -1.86. The van der Waals surface area contributed by atoms with Crippen molar-refractivity contribution in [3.8, 4) is 5.75 Å². The van der Waals surface area contributed by atoms with E-state index in [-0.39, 0.29) is 11.3 Å². The van der Waals surface area contributed by atoms with Gasteiger partial charge in [-0.15, -0.1) is 0 Å². The number of phenolic OH excluding ortho intramolecular Hbond substituents is 1. The normalized spacial score (nSPS) is 15.0. The molecule has 0 saturated heterocycles. The standard InChI is InChI=1S/C27H36O6/c1-19(8-5-11-21(3)25(29)30)9-6-16-27(4,33)17-7-10-20(2)12-13-22-18-23(26(31)32)14-15-24(22)28/h7,9,11-12,14-15,17-18,28,33H,5-6,8,10,13,16H2,1-4H3,(H,29,30)(H,31,32)/b17-7+,19-9-,20-12+,21-11+/t27-/m1/s1. The Labute approximate surface area is 196 Å². The second kappa shape index (κ2) is 13.4. The minimum atomic E-state index is -1.03. The molecule has 0 aliphatic heterocycles. The van der Waals surface area contributed by atoms with Gasteiger partial charge in [-0.3, -0.25) is 0 Å². The fraction of sp³-hybridized carbons (Fsp3) is 0.407. The van der Waals surface area contributed by atoms with Gasteiger partial charge >= 0.3 is 11.9 Å². The molecule has 6 heteroatoms. The highest BCUT2D eigenvalue weighted by Gasteiger charge is 2.14. The number of aromatic carboxylic acids is 1. The Kier molecular flexibility index (Phi) is 11.4. The van der Waals surface area contributed by atoms with E-state index >= 15 is 0 Å². The van der Waals surface area contributed by atoms with E-state index in [9.17, 15) is 19.8 Å². The predicted molar refractivity (Wildman–Crippen MR) is 131 cm³/mol. The zero-order valence-corrected chi connectivity index (χ0v) is 20.0. The quantitative estimate of drug-likeness (QED) is 0.220. The minimum absolute atomic E-state index is 0.0684. The van der Waals surface area contributed by atoms with Gasteiger partial charge in [0.2, 0.25) is 0 Å². The van der Waals surface area contributed by atoms with E-state index in [1.165, 1.54) is 23.8 Å². The van der Waals surface area contributed by atoms with E-state index in [4.69, 9.17) is 10.2 Å². The van der Waals surface area contributed by atoms with Crippen molar-refractivity contribution in [1.82, 2.24) is 0 Å². The van der Waals surface area contributed by atoms with Crippen LogP contribution in [0.2, 0.25) is 0 Å². The van der Waals surface area contributed by atoms with Crippen LogP contribution in [0.15, 0.2) is 65.3 Å². The van der Waals surface area contributed by atoms with Crippen LogP contribution in [0.5, 0.6) is 5.75 Å². The van der Waals surface area contributed by atoms with E-state index in [2.05, 4.69) is 6.08 Å². The number of carbonyl (C=O) groups is 2. The number of carboxylic acids is 2. The summed E-state index contributed by atoms with van der Waals surface area (Å²) in [5, 5.41) is 38.4. The maximum atomic E-state index is 11.1. The van der Waals surface area contributed by atoms with Crippen molar-refractivity contribution in [2.75, 3.05) is 0 Å². The number of carboxylic acid groups (broad SMARTS) is 2. The Bertz CT molecular complexity index is 947. The predicted octanol–water partition coefficient (Wildman–Crippen LogP) is 5.81. The van der Waals surface area contributed by atoms with Gasteiger partial charge in [-0.05, 0) is 90.0 Å². The molecule has 180 valence electrons. The minimum Gasteiger partial charge on any atom is -0.508 e. The maximum Gasteiger partial charge on any atom is 0.335 e. The van der Waals surface area contributed by atoms with Crippen molar-refractivity contribution in [2.45, 2.75) is 71.8 Å². The van der Waals surface area contributed by atoms with Crippen molar-refractivity contribution < 1.29 is 30.0 Å². The summed E-state index contributed by atoms with van der Waals surface area (Å²) in [4.78, 5) is 21.9. The van der Waals surface area contributed by atoms with Crippen molar-refractivity contribution in [3.63, 3.8) is 0 Å². The summed E-state index contributed by atoms with van der Waals surface area (Å²) in [6.07, 6.45) is 13.3. The molecule has 1 aromatic carbocycles. The SMILES string of the molecule is C/C(=C/CC[C@@](C)(O)/C=C/C/C(C)=C/Cc1cc(C(=O)O)ccc1O)CC/C=C(\C)C(=O)O. The number of allylic oxidation sites excluding steroid dienone is 6. The summed E-state index contributed by atoms with van der Waals surface area (Å²) in [6, 6.07) is 4.24. The molecular weight excluding hydrogens is 420 g/mol. The molecule has 6 nitrogen and oxygen atoms in total. The average molecular weight is 457 g/mol. The molecule has 4 N–H and O–H groups in total. The van der Waals surface area contributed by atoms with Crippen molar-refractivity contribution in [1.29, 1.82) is 0 Å². The highest BCUT2D eigenvalue weighted by atomic mass is 16.4. The molecule has 1 rings (SSSR count). The van der Waals surface area contributed by atoms with Crippen LogP contribution >= 0.6 is 0 Å². The molecule has 0 aliphatic carbocycles. The zero-order chi connectivity index (χ0) is 25.0. The van der Waals surface area contributed by atoms with Crippen LogP contribution in [0, 0.1) is 0 Å². The Morgan fingerprint density at radius 1 is 1.00 bits per heavy atom. The second-order valence-corrected chi connectivity index (χ2v) is 8.69. The number of benzene rings is 1. The third-order valence-electron chi connectivity index (χ3n) is 5.38. The third-order valence-corrected chi connectivity index (χ3v) is 5.38. The molecule has 1 aromatic rings. The second-order valence-electron chi connectivity index (χ2n) is 8.69. The average Bonchev–Trinajstić information content (AvgIpc) is 2.72. The first-order chi connectivity index (χ1) is 15.4. The molecule has 0 saturated carbocycles. The Morgan fingerprint density at radius 3 is 2.33 bits per heavy atom. The molecule has 0 spiro atoms. The molecule has 0 aliphatic rings. The van der Waals surface area contributed by atoms with Gasteiger partial charge in [-0.25, -0.2) is 9.59 Å². The lowest BCUT2D eigenvalue weighted by Crippen LogP contribution is -2.20. The van der Waals surface area contributed by atoms with E-state index in [1.807, 2.05) is 26.0 Å². The van der Waals surface area contributed by atoms with Crippen molar-refractivity contribution in [3.05, 3.63) is 76.4 Å². The fourth-order valence-electron chi connectivity index (χ4n) is 3.15. The van der Waals surface area contributed by atoms with Crippen molar-refractivity contribution in [2.24, 2.45) is 0 Å². The van der Waals surface area contributed by atoms with Crippen LogP contribution < -0.4 is 0 Å². The van der Waals surface area contributed by atoms with Gasteiger partial charge in [0.25, 0.3) is 0 Å². The lowest BCUT2D eigenvalue weighted by atomic mass is 9.97. The monoisotopic (exact) mass is 456 g/mol. The van der Waals surface area contributed by atoms with Gasteiger partial charge in [-0.1, -0.05) is 41.5 Å². The number of hydrogen-bond acceptors (Lipinski definition) is 4. The molecule has 0 bridgehead atoms. The molecule has 33 heavy (non-hydrogen) atoms. The lowest BCUT2D eigenvalue weighted by Gasteiger charge is -2.18. The number of aromatic hydroxyl groups is 1. The third kappa shape index (κ3) is 11.3. The van der Waals surface area contributed by atoms with E-state index in [0.717, 1.165) is 18.4 Å². The summed E-state index contributed by atoms with van der Waals surface area (Å²) >= 11 is 0. The number of aliphatic hydroxyl groups is 1. The van der Waals surface area contributed by atoms with E-state index < -0.39 is 17.5 Å². The van der Waals surface area contributed by atoms with Gasteiger partial charge in [0.05, 0.1) is 11.2 Å². The topological polar surface area (TPSA) is 115 Å².